The third-order valence-corrected chi connectivity index (χ3v) is 8.85. The topological polar surface area (TPSA) is 96.0 Å². The van der Waals surface area contributed by atoms with E-state index in [9.17, 15) is 9.13 Å². The van der Waals surface area contributed by atoms with Gasteiger partial charge in [-0.3, -0.25) is 9.13 Å². The Labute approximate surface area is 141 Å². The Bertz CT molecular complexity index is 492. The third kappa shape index (κ3) is 5.64. The fourth-order valence-corrected chi connectivity index (χ4v) is 7.45. The van der Waals surface area contributed by atoms with Crippen molar-refractivity contribution in [3.63, 3.8) is 0 Å². The monoisotopic (exact) mass is 386 g/mol. The average molecular weight is 386 g/mol. The van der Waals surface area contributed by atoms with E-state index in [1.807, 2.05) is 0 Å². The molecule has 0 spiro atoms. The number of nitrogens with zero attached hydrogens (tertiary/aromatic N) is 1. The van der Waals surface area contributed by atoms with Crippen LogP contribution in [0.3, 0.4) is 0 Å². The molecule has 0 amide bonds. The van der Waals surface area contributed by atoms with E-state index in [0.29, 0.717) is 5.13 Å². The van der Waals surface area contributed by atoms with Crippen LogP contribution in [0.25, 0.3) is 0 Å². The van der Waals surface area contributed by atoms with Crippen molar-refractivity contribution < 1.29 is 27.2 Å². The summed E-state index contributed by atoms with van der Waals surface area (Å²) in [5.41, 5.74) is -1.29. The van der Waals surface area contributed by atoms with E-state index < -0.39 is 20.7 Å². The van der Waals surface area contributed by atoms with Crippen LogP contribution < -0.4 is 5.32 Å². The second-order valence-electron chi connectivity index (χ2n) is 4.11. The highest BCUT2D eigenvalue weighted by Gasteiger charge is 2.51. The van der Waals surface area contributed by atoms with Crippen LogP contribution in [0, 0.1) is 0 Å². The maximum Gasteiger partial charge on any atom is 0.365 e. The molecule has 0 radical (unpaired) electrons. The summed E-state index contributed by atoms with van der Waals surface area (Å²) in [5, 5.41) is 5.02. The van der Waals surface area contributed by atoms with E-state index in [1.54, 1.807) is 39.3 Å². The van der Waals surface area contributed by atoms with Crippen molar-refractivity contribution in [1.29, 1.82) is 0 Å². The summed E-state index contributed by atoms with van der Waals surface area (Å²) < 4.78 is 47.7. The molecule has 0 aliphatic heterocycles. The van der Waals surface area contributed by atoms with Crippen LogP contribution >= 0.6 is 26.5 Å². The van der Waals surface area contributed by atoms with Gasteiger partial charge in [-0.15, -0.1) is 11.3 Å². The maximum absolute atomic E-state index is 13.2. The van der Waals surface area contributed by atoms with Gasteiger partial charge in [0.1, 0.15) is 0 Å². The molecule has 0 aliphatic rings. The highest BCUT2D eigenvalue weighted by molar-refractivity contribution is 7.73. The summed E-state index contributed by atoms with van der Waals surface area (Å²) in [6.45, 7) is 7.24. The Morgan fingerprint density at radius 3 is 1.74 bits per heavy atom. The largest absolute Gasteiger partial charge is 0.365 e. The fraction of sp³-hybridized carbons (Fsp3) is 0.750. The standard InChI is InChI=1S/C12H24N2O6P2S/c1-5-17-21(15,18-6-2)12(14-11-13-9-10-23-11)22(16,19-7-3)20-8-4/h9-10,12H,5-8H2,1-4H3,(H,13,14). The lowest BCUT2D eigenvalue weighted by Gasteiger charge is -2.31. The number of anilines is 1. The Morgan fingerprint density at radius 2 is 1.43 bits per heavy atom. The lowest BCUT2D eigenvalue weighted by atomic mass is 10.9. The van der Waals surface area contributed by atoms with Gasteiger partial charge in [-0.1, -0.05) is 0 Å². The lowest BCUT2D eigenvalue weighted by Crippen LogP contribution is -2.25. The van der Waals surface area contributed by atoms with Crippen LogP contribution in [0.4, 0.5) is 5.13 Å². The molecule has 1 aromatic rings. The number of nitrogens with one attached hydrogen (secondary N) is 1. The van der Waals surface area contributed by atoms with Crippen molar-refractivity contribution in [2.75, 3.05) is 31.7 Å². The minimum absolute atomic E-state index is 0.131. The van der Waals surface area contributed by atoms with Crippen molar-refractivity contribution in [3.8, 4) is 0 Å². The quantitative estimate of drug-likeness (QED) is 0.529. The molecule has 11 heteroatoms. The minimum Gasteiger partial charge on any atom is -0.338 e. The van der Waals surface area contributed by atoms with E-state index in [4.69, 9.17) is 18.1 Å². The smallest absolute Gasteiger partial charge is 0.338 e. The molecule has 23 heavy (non-hydrogen) atoms. The molecule has 134 valence electrons. The van der Waals surface area contributed by atoms with E-state index in [-0.39, 0.29) is 26.4 Å². The van der Waals surface area contributed by atoms with E-state index in [0.717, 1.165) is 0 Å². The number of thiazole rings is 1. The lowest BCUT2D eigenvalue weighted by molar-refractivity contribution is 0.198. The summed E-state index contributed by atoms with van der Waals surface area (Å²) in [5.74, 6) is 0. The Hall–Kier alpha value is -0.270. The van der Waals surface area contributed by atoms with E-state index in [1.165, 1.54) is 11.3 Å². The van der Waals surface area contributed by atoms with Crippen LogP contribution in [-0.4, -0.2) is 36.9 Å². The number of rotatable bonds is 12. The predicted molar refractivity (Wildman–Crippen MR) is 91.2 cm³/mol. The SMILES string of the molecule is CCOP(=O)(OCC)C(Nc1nccs1)P(=O)(OCC)OCC. The highest BCUT2D eigenvalue weighted by atomic mass is 32.1. The maximum atomic E-state index is 13.2. The predicted octanol–water partition coefficient (Wildman–Crippen LogP) is 4.37. The molecular formula is C12H24N2O6P2S. The first-order valence-electron chi connectivity index (χ1n) is 7.39. The molecule has 1 heterocycles. The Kier molecular flexibility index (Phi) is 8.93. The van der Waals surface area contributed by atoms with Gasteiger partial charge >= 0.3 is 15.2 Å². The Balaban J connectivity index is 3.27. The second kappa shape index (κ2) is 9.89. The first-order valence-corrected chi connectivity index (χ1v) is 11.5. The Morgan fingerprint density at radius 1 is 1.00 bits per heavy atom. The van der Waals surface area contributed by atoms with Crippen molar-refractivity contribution in [2.45, 2.75) is 33.2 Å². The summed E-state index contributed by atoms with van der Waals surface area (Å²) in [6.07, 6.45) is 1.57. The first-order chi connectivity index (χ1) is 11.0. The van der Waals surface area contributed by atoms with E-state index >= 15 is 0 Å². The third-order valence-electron chi connectivity index (χ3n) is 2.52. The van der Waals surface area contributed by atoms with Gasteiger partial charge in [-0.2, -0.15) is 0 Å². The fourth-order valence-electron chi connectivity index (χ4n) is 1.81. The number of aromatic nitrogens is 1. The van der Waals surface area contributed by atoms with Crippen LogP contribution in [-0.2, 0) is 27.2 Å². The molecule has 0 fully saturated rings. The highest BCUT2D eigenvalue weighted by Crippen LogP contribution is 2.70. The summed E-state index contributed by atoms with van der Waals surface area (Å²) >= 11 is 1.27. The van der Waals surface area contributed by atoms with Gasteiger partial charge in [0.05, 0.1) is 26.4 Å². The molecule has 1 aromatic heterocycles. The molecule has 0 aliphatic carbocycles. The summed E-state index contributed by atoms with van der Waals surface area (Å²) in [7, 11) is -7.62. The summed E-state index contributed by atoms with van der Waals surface area (Å²) in [4.78, 5) is 4.07. The number of hydrogen-bond acceptors (Lipinski definition) is 9. The average Bonchev–Trinajstić information content (AvgIpc) is 2.98. The van der Waals surface area contributed by atoms with Gasteiger partial charge in [0.15, 0.2) is 5.13 Å². The van der Waals surface area contributed by atoms with Crippen molar-refractivity contribution in [1.82, 2.24) is 4.98 Å². The molecule has 1 rings (SSSR count). The van der Waals surface area contributed by atoms with Gasteiger partial charge < -0.3 is 23.4 Å². The van der Waals surface area contributed by atoms with Crippen LogP contribution in [0.1, 0.15) is 27.7 Å². The molecule has 0 saturated heterocycles. The second-order valence-corrected chi connectivity index (χ2v) is 9.63. The molecule has 0 saturated carbocycles. The zero-order valence-electron chi connectivity index (χ0n) is 13.8. The molecule has 0 unspecified atom stereocenters. The molecule has 0 aromatic carbocycles. The van der Waals surface area contributed by atoms with Crippen LogP contribution in [0.2, 0.25) is 0 Å². The molecule has 1 N–H and O–H groups in total. The van der Waals surface area contributed by atoms with Crippen molar-refractivity contribution >= 4 is 31.7 Å². The van der Waals surface area contributed by atoms with Gasteiger partial charge in [0, 0.05) is 11.6 Å². The van der Waals surface area contributed by atoms with Gasteiger partial charge in [-0.25, -0.2) is 4.98 Å². The van der Waals surface area contributed by atoms with Crippen LogP contribution in [0.15, 0.2) is 11.6 Å². The zero-order valence-corrected chi connectivity index (χ0v) is 16.4. The van der Waals surface area contributed by atoms with Crippen LogP contribution in [0.5, 0.6) is 0 Å². The van der Waals surface area contributed by atoms with Gasteiger partial charge in [0.25, 0.3) is 0 Å². The first kappa shape index (κ1) is 20.8. The minimum atomic E-state index is -3.81. The number of hydrogen-bond donors (Lipinski definition) is 1. The van der Waals surface area contributed by atoms with Crippen molar-refractivity contribution in [2.24, 2.45) is 0 Å². The van der Waals surface area contributed by atoms with Crippen molar-refractivity contribution in [3.05, 3.63) is 11.6 Å². The summed E-state index contributed by atoms with van der Waals surface area (Å²) in [6, 6.07) is 0. The molecule has 0 bridgehead atoms. The molecular weight excluding hydrogens is 362 g/mol. The van der Waals surface area contributed by atoms with E-state index in [2.05, 4.69) is 10.3 Å². The van der Waals surface area contributed by atoms with Gasteiger partial charge in [-0.05, 0) is 27.7 Å². The zero-order chi connectivity index (χ0) is 17.3. The van der Waals surface area contributed by atoms with Gasteiger partial charge in [0.2, 0.25) is 5.52 Å². The molecule has 8 nitrogen and oxygen atoms in total. The molecule has 0 atom stereocenters. The normalized spacial score (nSPS) is 12.7.